The SMILES string of the molecule is COc1cc(-c2nc(Cl)c3c(n2)CSC3)cc(Cl)c1OC. The Morgan fingerprint density at radius 2 is 1.90 bits per heavy atom. The zero-order chi connectivity index (χ0) is 15.0. The van der Waals surface area contributed by atoms with Crippen molar-refractivity contribution >= 4 is 35.0 Å². The molecule has 0 bridgehead atoms. The maximum Gasteiger partial charge on any atom is 0.179 e. The monoisotopic (exact) mass is 342 g/mol. The molecule has 1 aliphatic heterocycles. The van der Waals surface area contributed by atoms with E-state index in [1.54, 1.807) is 38.1 Å². The zero-order valence-electron chi connectivity index (χ0n) is 11.4. The Labute approximate surface area is 136 Å². The molecule has 3 rings (SSSR count). The smallest absolute Gasteiger partial charge is 0.179 e. The zero-order valence-corrected chi connectivity index (χ0v) is 13.8. The van der Waals surface area contributed by atoms with Crippen LogP contribution in [0.15, 0.2) is 12.1 Å². The molecule has 21 heavy (non-hydrogen) atoms. The van der Waals surface area contributed by atoms with E-state index in [2.05, 4.69) is 9.97 Å². The molecule has 110 valence electrons. The van der Waals surface area contributed by atoms with Crippen molar-refractivity contribution in [3.8, 4) is 22.9 Å². The standard InChI is InChI=1S/C14H12Cl2N2O2S/c1-19-11-4-7(3-9(15)12(11)20-2)14-17-10-6-21-5-8(10)13(16)18-14/h3-4H,5-6H2,1-2H3. The predicted molar refractivity (Wildman–Crippen MR) is 85.6 cm³/mol. The summed E-state index contributed by atoms with van der Waals surface area (Å²) in [6.45, 7) is 0. The van der Waals surface area contributed by atoms with Crippen molar-refractivity contribution < 1.29 is 9.47 Å². The van der Waals surface area contributed by atoms with Crippen LogP contribution in [0.1, 0.15) is 11.3 Å². The van der Waals surface area contributed by atoms with Gasteiger partial charge < -0.3 is 9.47 Å². The first-order valence-electron chi connectivity index (χ1n) is 6.19. The molecule has 0 saturated heterocycles. The number of hydrogen-bond donors (Lipinski definition) is 0. The summed E-state index contributed by atoms with van der Waals surface area (Å²) in [5.74, 6) is 3.29. The Balaban J connectivity index is 2.13. The molecule has 0 amide bonds. The van der Waals surface area contributed by atoms with Crippen LogP contribution in [0.25, 0.3) is 11.4 Å². The molecule has 2 heterocycles. The number of halogens is 2. The molecule has 1 aromatic heterocycles. The highest BCUT2D eigenvalue weighted by Gasteiger charge is 2.20. The van der Waals surface area contributed by atoms with Crippen molar-refractivity contribution in [3.63, 3.8) is 0 Å². The van der Waals surface area contributed by atoms with Crippen LogP contribution in [0, 0.1) is 0 Å². The van der Waals surface area contributed by atoms with Gasteiger partial charge in [-0.15, -0.1) is 0 Å². The molecular formula is C14H12Cl2N2O2S. The maximum atomic E-state index is 6.24. The molecule has 0 saturated carbocycles. The Hall–Kier alpha value is -1.17. The van der Waals surface area contributed by atoms with Gasteiger partial charge in [-0.1, -0.05) is 23.2 Å². The number of ether oxygens (including phenoxy) is 2. The second kappa shape index (κ2) is 5.91. The van der Waals surface area contributed by atoms with Crippen molar-refractivity contribution in [2.75, 3.05) is 14.2 Å². The van der Waals surface area contributed by atoms with Gasteiger partial charge in [0.25, 0.3) is 0 Å². The van der Waals surface area contributed by atoms with Crippen molar-refractivity contribution in [1.29, 1.82) is 0 Å². The van der Waals surface area contributed by atoms with E-state index >= 15 is 0 Å². The van der Waals surface area contributed by atoms with Crippen LogP contribution in [0.4, 0.5) is 0 Å². The Morgan fingerprint density at radius 3 is 2.62 bits per heavy atom. The summed E-state index contributed by atoms with van der Waals surface area (Å²) < 4.78 is 10.5. The fraction of sp³-hybridized carbons (Fsp3) is 0.286. The van der Waals surface area contributed by atoms with Crippen LogP contribution in [-0.4, -0.2) is 24.2 Å². The van der Waals surface area contributed by atoms with Crippen molar-refractivity contribution in [2.45, 2.75) is 11.5 Å². The Morgan fingerprint density at radius 1 is 1.10 bits per heavy atom. The summed E-state index contributed by atoms with van der Waals surface area (Å²) in [4.78, 5) is 8.96. The fourth-order valence-corrected chi connectivity index (χ4v) is 3.85. The highest BCUT2D eigenvalue weighted by molar-refractivity contribution is 7.98. The predicted octanol–water partition coefficient (Wildman–Crippen LogP) is 4.21. The van der Waals surface area contributed by atoms with E-state index in [1.807, 2.05) is 0 Å². The third kappa shape index (κ3) is 2.65. The molecule has 0 atom stereocenters. The lowest BCUT2D eigenvalue weighted by molar-refractivity contribution is 0.355. The summed E-state index contributed by atoms with van der Waals surface area (Å²) in [7, 11) is 3.11. The topological polar surface area (TPSA) is 44.2 Å². The number of fused-ring (bicyclic) bond motifs is 1. The highest BCUT2D eigenvalue weighted by atomic mass is 35.5. The summed E-state index contributed by atoms with van der Waals surface area (Å²) in [5.41, 5.74) is 2.76. The van der Waals surface area contributed by atoms with Gasteiger partial charge in [-0.2, -0.15) is 11.8 Å². The van der Waals surface area contributed by atoms with E-state index < -0.39 is 0 Å². The van der Waals surface area contributed by atoms with Crippen LogP contribution < -0.4 is 9.47 Å². The van der Waals surface area contributed by atoms with Gasteiger partial charge in [0, 0.05) is 22.6 Å². The van der Waals surface area contributed by atoms with Crippen molar-refractivity contribution in [1.82, 2.24) is 9.97 Å². The lowest BCUT2D eigenvalue weighted by atomic mass is 10.1. The van der Waals surface area contributed by atoms with E-state index in [0.717, 1.165) is 28.3 Å². The molecule has 0 spiro atoms. The van der Waals surface area contributed by atoms with Gasteiger partial charge in [-0.3, -0.25) is 0 Å². The van der Waals surface area contributed by atoms with E-state index in [4.69, 9.17) is 32.7 Å². The second-order valence-electron chi connectivity index (χ2n) is 4.45. The Kier molecular flexibility index (Phi) is 4.15. The van der Waals surface area contributed by atoms with Crippen LogP contribution in [0.2, 0.25) is 10.2 Å². The number of methoxy groups -OCH3 is 2. The molecule has 2 aromatic rings. The first-order valence-corrected chi connectivity index (χ1v) is 8.10. The number of benzene rings is 1. The molecule has 0 unspecified atom stereocenters. The minimum Gasteiger partial charge on any atom is -0.493 e. The molecule has 0 aliphatic carbocycles. The lowest BCUT2D eigenvalue weighted by Gasteiger charge is -2.12. The average molecular weight is 343 g/mol. The number of hydrogen-bond acceptors (Lipinski definition) is 5. The van der Waals surface area contributed by atoms with Crippen LogP contribution in [-0.2, 0) is 11.5 Å². The molecule has 4 nitrogen and oxygen atoms in total. The van der Waals surface area contributed by atoms with E-state index in [9.17, 15) is 0 Å². The molecule has 1 aliphatic rings. The maximum absolute atomic E-state index is 6.24. The van der Waals surface area contributed by atoms with Crippen molar-refractivity contribution in [2.24, 2.45) is 0 Å². The van der Waals surface area contributed by atoms with Gasteiger partial charge in [0.2, 0.25) is 0 Å². The van der Waals surface area contributed by atoms with Crippen LogP contribution in [0.3, 0.4) is 0 Å². The van der Waals surface area contributed by atoms with Crippen LogP contribution >= 0.6 is 35.0 Å². The minimum absolute atomic E-state index is 0.446. The third-order valence-corrected chi connectivity index (χ3v) is 4.78. The third-order valence-electron chi connectivity index (χ3n) is 3.22. The van der Waals surface area contributed by atoms with Gasteiger partial charge in [0.05, 0.1) is 24.9 Å². The summed E-state index contributed by atoms with van der Waals surface area (Å²) in [6, 6.07) is 3.55. The summed E-state index contributed by atoms with van der Waals surface area (Å²) >= 11 is 14.2. The van der Waals surface area contributed by atoms with Crippen LogP contribution in [0.5, 0.6) is 11.5 Å². The highest BCUT2D eigenvalue weighted by Crippen LogP contribution is 2.40. The molecule has 7 heteroatoms. The molecular weight excluding hydrogens is 331 g/mol. The molecule has 0 N–H and O–H groups in total. The number of nitrogens with zero attached hydrogens (tertiary/aromatic N) is 2. The quantitative estimate of drug-likeness (QED) is 0.781. The number of aromatic nitrogens is 2. The largest absolute Gasteiger partial charge is 0.493 e. The molecule has 1 aromatic carbocycles. The fourth-order valence-electron chi connectivity index (χ4n) is 2.19. The molecule has 0 radical (unpaired) electrons. The number of rotatable bonds is 3. The second-order valence-corrected chi connectivity index (χ2v) is 6.20. The van der Waals surface area contributed by atoms with E-state index in [0.29, 0.717) is 27.5 Å². The van der Waals surface area contributed by atoms with E-state index in [1.165, 1.54) is 0 Å². The average Bonchev–Trinajstić information content (AvgIpc) is 2.95. The van der Waals surface area contributed by atoms with E-state index in [-0.39, 0.29) is 0 Å². The first kappa shape index (κ1) is 14.8. The van der Waals surface area contributed by atoms with Gasteiger partial charge in [-0.25, -0.2) is 9.97 Å². The van der Waals surface area contributed by atoms with Gasteiger partial charge in [0.15, 0.2) is 17.3 Å². The normalized spacial score (nSPS) is 13.1. The molecule has 0 fully saturated rings. The number of thioether (sulfide) groups is 1. The van der Waals surface area contributed by atoms with Crippen molar-refractivity contribution in [3.05, 3.63) is 33.6 Å². The summed E-state index contributed by atoms with van der Waals surface area (Å²) in [6.07, 6.45) is 0. The lowest BCUT2D eigenvalue weighted by Crippen LogP contribution is -1.99. The summed E-state index contributed by atoms with van der Waals surface area (Å²) in [5, 5.41) is 0.951. The van der Waals surface area contributed by atoms with Gasteiger partial charge in [0.1, 0.15) is 5.15 Å². The van der Waals surface area contributed by atoms with Gasteiger partial charge in [-0.05, 0) is 12.1 Å². The minimum atomic E-state index is 0.446. The van der Waals surface area contributed by atoms with Gasteiger partial charge >= 0.3 is 0 Å². The Bertz CT molecular complexity index is 710. The first-order chi connectivity index (χ1) is 10.1.